The number of nitrogens with zero attached hydrogens (tertiary/aromatic N) is 1. The predicted octanol–water partition coefficient (Wildman–Crippen LogP) is 3.21. The number of ether oxygens (including phenoxy) is 2. The molecule has 2 aliphatic rings. The van der Waals surface area contributed by atoms with Gasteiger partial charge in [-0.3, -0.25) is 4.79 Å². The van der Waals surface area contributed by atoms with Crippen molar-refractivity contribution in [3.8, 4) is 11.5 Å². The molecule has 0 radical (unpaired) electrons. The lowest BCUT2D eigenvalue weighted by Gasteiger charge is -2.18. The molecule has 1 N–H and O–H groups in total. The lowest BCUT2D eigenvalue weighted by Crippen LogP contribution is -2.16. The molecule has 1 fully saturated rings. The zero-order chi connectivity index (χ0) is 16.7. The number of amides is 1. The Labute approximate surface area is 141 Å². The SMILES string of the molecule is Cc1cc(C)nc(NC(=O)C2CC2c2ccc3c(c2)OCCO3)c1. The topological polar surface area (TPSA) is 60.5 Å². The highest BCUT2D eigenvalue weighted by Crippen LogP contribution is 2.49. The lowest BCUT2D eigenvalue weighted by molar-refractivity contribution is -0.117. The van der Waals surface area contributed by atoms with Crippen LogP contribution in [0.5, 0.6) is 11.5 Å². The first-order chi connectivity index (χ1) is 11.6. The molecule has 1 aliphatic heterocycles. The van der Waals surface area contributed by atoms with E-state index in [1.807, 2.05) is 44.2 Å². The number of hydrogen-bond donors (Lipinski definition) is 1. The Kier molecular flexibility index (Phi) is 3.63. The van der Waals surface area contributed by atoms with Crippen LogP contribution in [0.2, 0.25) is 0 Å². The molecule has 4 rings (SSSR count). The summed E-state index contributed by atoms with van der Waals surface area (Å²) in [5.74, 6) is 2.46. The van der Waals surface area contributed by atoms with Crippen LogP contribution in [-0.2, 0) is 4.79 Å². The van der Waals surface area contributed by atoms with E-state index in [0.717, 1.165) is 34.7 Å². The van der Waals surface area contributed by atoms with Gasteiger partial charge in [0.05, 0.1) is 0 Å². The van der Waals surface area contributed by atoms with Crippen LogP contribution in [0.3, 0.4) is 0 Å². The Morgan fingerprint density at radius 1 is 1.12 bits per heavy atom. The van der Waals surface area contributed by atoms with Gasteiger partial charge in [0.15, 0.2) is 11.5 Å². The van der Waals surface area contributed by atoms with Crippen molar-refractivity contribution in [3.63, 3.8) is 0 Å². The minimum atomic E-state index is -0.00447. The summed E-state index contributed by atoms with van der Waals surface area (Å²) in [6.07, 6.45) is 0.857. The molecular formula is C19H20N2O3. The second kappa shape index (κ2) is 5.82. The van der Waals surface area contributed by atoms with Crippen LogP contribution in [0.1, 0.15) is 29.2 Å². The zero-order valence-electron chi connectivity index (χ0n) is 13.8. The minimum absolute atomic E-state index is 0.00447. The van der Waals surface area contributed by atoms with Gasteiger partial charge >= 0.3 is 0 Å². The van der Waals surface area contributed by atoms with Crippen LogP contribution in [-0.4, -0.2) is 24.1 Å². The summed E-state index contributed by atoms with van der Waals surface area (Å²) in [5, 5.41) is 2.94. The normalized spacial score (nSPS) is 21.2. The molecule has 0 spiro atoms. The average molecular weight is 324 g/mol. The molecule has 124 valence electrons. The van der Waals surface area contributed by atoms with Crippen LogP contribution in [0.15, 0.2) is 30.3 Å². The Bertz CT molecular complexity index is 783. The van der Waals surface area contributed by atoms with Crippen molar-refractivity contribution in [3.05, 3.63) is 47.2 Å². The molecular weight excluding hydrogens is 304 g/mol. The standard InChI is InChI=1S/C19H20N2O3/c1-11-7-12(2)20-18(8-11)21-19(22)15-10-14(15)13-3-4-16-17(9-13)24-6-5-23-16/h3-4,7-9,14-15H,5-6,10H2,1-2H3,(H,20,21,22). The summed E-state index contributed by atoms with van der Waals surface area (Å²) in [5.41, 5.74) is 3.13. The summed E-state index contributed by atoms with van der Waals surface area (Å²) < 4.78 is 11.2. The van der Waals surface area contributed by atoms with Gasteiger partial charge in [0, 0.05) is 11.6 Å². The molecule has 1 saturated carbocycles. The zero-order valence-corrected chi connectivity index (χ0v) is 13.8. The van der Waals surface area contributed by atoms with Crippen LogP contribution in [0, 0.1) is 19.8 Å². The number of fused-ring (bicyclic) bond motifs is 1. The maximum atomic E-state index is 12.5. The maximum Gasteiger partial charge on any atom is 0.229 e. The number of carbonyl (C=O) groups is 1. The van der Waals surface area contributed by atoms with Gasteiger partial charge in [-0.15, -0.1) is 0 Å². The number of aromatic nitrogens is 1. The molecule has 2 atom stereocenters. The van der Waals surface area contributed by atoms with Gasteiger partial charge in [-0.1, -0.05) is 6.07 Å². The van der Waals surface area contributed by atoms with E-state index in [-0.39, 0.29) is 17.7 Å². The molecule has 2 heterocycles. The van der Waals surface area contributed by atoms with E-state index in [0.29, 0.717) is 19.0 Å². The molecule has 1 aromatic carbocycles. The fraction of sp³-hybridized carbons (Fsp3) is 0.368. The first-order valence-electron chi connectivity index (χ1n) is 8.26. The third-order valence-electron chi connectivity index (χ3n) is 4.47. The first kappa shape index (κ1) is 15.0. The van der Waals surface area contributed by atoms with E-state index >= 15 is 0 Å². The molecule has 5 nitrogen and oxygen atoms in total. The largest absolute Gasteiger partial charge is 0.486 e. The van der Waals surface area contributed by atoms with Crippen molar-refractivity contribution in [1.29, 1.82) is 0 Å². The average Bonchev–Trinajstić information content (AvgIpc) is 3.34. The number of benzene rings is 1. The summed E-state index contributed by atoms with van der Waals surface area (Å²) >= 11 is 0. The molecule has 5 heteroatoms. The van der Waals surface area contributed by atoms with Crippen molar-refractivity contribution >= 4 is 11.7 Å². The maximum absolute atomic E-state index is 12.5. The Morgan fingerprint density at radius 2 is 1.92 bits per heavy atom. The van der Waals surface area contributed by atoms with Crippen molar-refractivity contribution < 1.29 is 14.3 Å². The number of anilines is 1. The quantitative estimate of drug-likeness (QED) is 0.942. The van der Waals surface area contributed by atoms with Crippen LogP contribution < -0.4 is 14.8 Å². The second-order valence-corrected chi connectivity index (χ2v) is 6.51. The molecule has 2 aromatic rings. The number of carbonyl (C=O) groups excluding carboxylic acids is 1. The van der Waals surface area contributed by atoms with E-state index in [1.165, 1.54) is 0 Å². The smallest absolute Gasteiger partial charge is 0.229 e. The molecule has 2 unspecified atom stereocenters. The predicted molar refractivity (Wildman–Crippen MR) is 90.6 cm³/mol. The molecule has 1 aromatic heterocycles. The van der Waals surface area contributed by atoms with Gasteiger partial charge in [0.2, 0.25) is 5.91 Å². The van der Waals surface area contributed by atoms with Crippen molar-refractivity contribution in [2.45, 2.75) is 26.2 Å². The van der Waals surface area contributed by atoms with E-state index in [1.54, 1.807) is 0 Å². The molecule has 1 amide bonds. The summed E-state index contributed by atoms with van der Waals surface area (Å²) in [6, 6.07) is 9.85. The van der Waals surface area contributed by atoms with Crippen molar-refractivity contribution in [2.24, 2.45) is 5.92 Å². The van der Waals surface area contributed by atoms with Gasteiger partial charge in [-0.05, 0) is 61.6 Å². The number of aryl methyl sites for hydroxylation is 2. The lowest BCUT2D eigenvalue weighted by atomic mass is 10.1. The molecule has 0 saturated heterocycles. The Morgan fingerprint density at radius 3 is 2.71 bits per heavy atom. The fourth-order valence-corrected chi connectivity index (χ4v) is 3.27. The second-order valence-electron chi connectivity index (χ2n) is 6.51. The van der Waals surface area contributed by atoms with E-state index in [2.05, 4.69) is 10.3 Å². The highest BCUT2D eigenvalue weighted by molar-refractivity contribution is 5.94. The molecule has 0 bridgehead atoms. The van der Waals surface area contributed by atoms with Gasteiger partial charge < -0.3 is 14.8 Å². The van der Waals surface area contributed by atoms with E-state index in [4.69, 9.17) is 9.47 Å². The minimum Gasteiger partial charge on any atom is -0.486 e. The summed E-state index contributed by atoms with van der Waals surface area (Å²) in [7, 11) is 0. The third-order valence-corrected chi connectivity index (χ3v) is 4.47. The van der Waals surface area contributed by atoms with E-state index in [9.17, 15) is 4.79 Å². The number of nitrogens with one attached hydrogen (secondary N) is 1. The van der Waals surface area contributed by atoms with Crippen molar-refractivity contribution in [1.82, 2.24) is 4.98 Å². The van der Waals surface area contributed by atoms with Gasteiger partial charge in [-0.25, -0.2) is 4.98 Å². The van der Waals surface area contributed by atoms with Gasteiger partial charge in [0.1, 0.15) is 19.0 Å². The number of hydrogen-bond acceptors (Lipinski definition) is 4. The Balaban J connectivity index is 1.45. The Hall–Kier alpha value is -2.56. The summed E-state index contributed by atoms with van der Waals surface area (Å²) in [6.45, 7) is 5.09. The van der Waals surface area contributed by atoms with Gasteiger partial charge in [-0.2, -0.15) is 0 Å². The monoisotopic (exact) mass is 324 g/mol. The third kappa shape index (κ3) is 2.94. The fourth-order valence-electron chi connectivity index (χ4n) is 3.27. The summed E-state index contributed by atoms with van der Waals surface area (Å²) in [4.78, 5) is 16.8. The van der Waals surface area contributed by atoms with Crippen LogP contribution in [0.4, 0.5) is 5.82 Å². The van der Waals surface area contributed by atoms with E-state index < -0.39 is 0 Å². The first-order valence-corrected chi connectivity index (χ1v) is 8.26. The van der Waals surface area contributed by atoms with Crippen LogP contribution in [0.25, 0.3) is 0 Å². The van der Waals surface area contributed by atoms with Crippen molar-refractivity contribution in [2.75, 3.05) is 18.5 Å². The number of pyridine rings is 1. The number of rotatable bonds is 3. The van der Waals surface area contributed by atoms with Gasteiger partial charge in [0.25, 0.3) is 0 Å². The molecule has 24 heavy (non-hydrogen) atoms. The molecule has 1 aliphatic carbocycles. The highest BCUT2D eigenvalue weighted by atomic mass is 16.6. The van der Waals surface area contributed by atoms with Crippen LogP contribution >= 0.6 is 0 Å². The highest BCUT2D eigenvalue weighted by Gasteiger charge is 2.44.